The molecule has 0 aliphatic carbocycles. The van der Waals surface area contributed by atoms with Crippen molar-refractivity contribution in [1.29, 1.82) is 0 Å². The molecule has 1 aliphatic rings. The summed E-state index contributed by atoms with van der Waals surface area (Å²) in [5, 5.41) is 0. The summed E-state index contributed by atoms with van der Waals surface area (Å²) in [6, 6.07) is 7.35. The minimum absolute atomic E-state index is 0. The van der Waals surface area contributed by atoms with Crippen molar-refractivity contribution < 1.29 is 14.3 Å². The molecule has 2 N–H and O–H groups in total. The maximum Gasteiger partial charge on any atom is 0.254 e. The molecule has 1 amide bonds. The van der Waals surface area contributed by atoms with Crippen LogP contribution in [0, 0.1) is 0 Å². The summed E-state index contributed by atoms with van der Waals surface area (Å²) in [6.07, 6.45) is 1.96. The van der Waals surface area contributed by atoms with Gasteiger partial charge in [-0.2, -0.15) is 0 Å². The molecule has 0 spiro atoms. The molecule has 1 fully saturated rings. The third kappa shape index (κ3) is 5.19. The molecule has 6 heteroatoms. The van der Waals surface area contributed by atoms with Gasteiger partial charge in [-0.15, -0.1) is 12.4 Å². The number of ether oxygens (including phenoxy) is 2. The van der Waals surface area contributed by atoms with Gasteiger partial charge in [0.1, 0.15) is 12.4 Å². The van der Waals surface area contributed by atoms with Crippen LogP contribution in [0.4, 0.5) is 0 Å². The first-order valence-electron chi connectivity index (χ1n) is 6.97. The number of benzene rings is 1. The normalized spacial score (nSPS) is 18.0. The summed E-state index contributed by atoms with van der Waals surface area (Å²) in [6.45, 7) is 2.41. The average molecular weight is 315 g/mol. The van der Waals surface area contributed by atoms with Crippen LogP contribution in [0.25, 0.3) is 0 Å². The van der Waals surface area contributed by atoms with Gasteiger partial charge in [-0.05, 0) is 31.0 Å². The van der Waals surface area contributed by atoms with Gasteiger partial charge < -0.3 is 20.1 Å². The Labute approximate surface area is 131 Å². The molecule has 0 aromatic heterocycles. The Morgan fingerprint density at radius 3 is 2.95 bits per heavy atom. The van der Waals surface area contributed by atoms with Crippen molar-refractivity contribution in [3.8, 4) is 5.75 Å². The molecule has 1 aromatic carbocycles. The molecule has 118 valence electrons. The number of nitrogens with two attached hydrogens (primary N) is 1. The molecule has 1 aliphatic heterocycles. The lowest BCUT2D eigenvalue weighted by molar-refractivity contribution is 0.0708. The predicted molar refractivity (Wildman–Crippen MR) is 84.2 cm³/mol. The highest BCUT2D eigenvalue weighted by Gasteiger charge is 2.22. The van der Waals surface area contributed by atoms with E-state index in [0.717, 1.165) is 19.4 Å². The van der Waals surface area contributed by atoms with Crippen LogP contribution in [0.15, 0.2) is 24.3 Å². The van der Waals surface area contributed by atoms with Crippen molar-refractivity contribution in [2.75, 3.05) is 33.4 Å². The molecule has 0 saturated carbocycles. The molecule has 0 radical (unpaired) electrons. The Morgan fingerprint density at radius 2 is 2.24 bits per heavy atom. The fraction of sp³-hybridized carbons (Fsp3) is 0.533. The van der Waals surface area contributed by atoms with Crippen molar-refractivity contribution in [1.82, 2.24) is 4.90 Å². The van der Waals surface area contributed by atoms with Crippen molar-refractivity contribution in [2.24, 2.45) is 5.73 Å². The molecule has 5 nitrogen and oxygen atoms in total. The standard InChI is InChI=1S/C15H22N2O3.ClH/c1-19-8-9-20-14-6-2-4-12(10-14)15(18)17-7-3-5-13(16)11-17;/h2,4,6,10,13H,3,5,7-9,11,16H2,1H3;1H. The summed E-state index contributed by atoms with van der Waals surface area (Å²) in [7, 11) is 1.63. The van der Waals surface area contributed by atoms with Crippen LogP contribution in [0.5, 0.6) is 5.75 Å². The number of amides is 1. The van der Waals surface area contributed by atoms with Crippen LogP contribution in [0.2, 0.25) is 0 Å². The van der Waals surface area contributed by atoms with Gasteiger partial charge in [0.15, 0.2) is 0 Å². The smallest absolute Gasteiger partial charge is 0.254 e. The third-order valence-corrected chi connectivity index (χ3v) is 3.38. The first-order chi connectivity index (χ1) is 9.70. The Bertz CT molecular complexity index is 456. The predicted octanol–water partition coefficient (Wildman–Crippen LogP) is 1.70. The van der Waals surface area contributed by atoms with Gasteiger partial charge in [0.2, 0.25) is 0 Å². The molecule has 1 saturated heterocycles. The van der Waals surface area contributed by atoms with Crippen molar-refractivity contribution >= 4 is 18.3 Å². The topological polar surface area (TPSA) is 64.8 Å². The van der Waals surface area contributed by atoms with Crippen LogP contribution < -0.4 is 10.5 Å². The van der Waals surface area contributed by atoms with E-state index < -0.39 is 0 Å². The van der Waals surface area contributed by atoms with Crippen molar-refractivity contribution in [3.05, 3.63) is 29.8 Å². The monoisotopic (exact) mass is 314 g/mol. The van der Waals surface area contributed by atoms with Crippen LogP contribution in [0.1, 0.15) is 23.2 Å². The second-order valence-electron chi connectivity index (χ2n) is 5.02. The number of halogens is 1. The lowest BCUT2D eigenvalue weighted by atomic mass is 10.1. The van der Waals surface area contributed by atoms with Gasteiger partial charge in [0.25, 0.3) is 5.91 Å². The van der Waals surface area contributed by atoms with Gasteiger partial charge in [-0.3, -0.25) is 4.79 Å². The van der Waals surface area contributed by atoms with Crippen LogP contribution in [-0.4, -0.2) is 50.3 Å². The van der Waals surface area contributed by atoms with E-state index in [-0.39, 0.29) is 24.4 Å². The maximum atomic E-state index is 12.4. The molecule has 2 rings (SSSR count). The van der Waals surface area contributed by atoms with Crippen LogP contribution in [0.3, 0.4) is 0 Å². The Morgan fingerprint density at radius 1 is 1.43 bits per heavy atom. The van der Waals surface area contributed by atoms with Gasteiger partial charge in [-0.25, -0.2) is 0 Å². The first-order valence-corrected chi connectivity index (χ1v) is 6.97. The van der Waals surface area contributed by atoms with E-state index in [2.05, 4.69) is 0 Å². The molecular formula is C15H23ClN2O3. The minimum Gasteiger partial charge on any atom is -0.491 e. The van der Waals surface area contributed by atoms with E-state index in [1.165, 1.54) is 0 Å². The van der Waals surface area contributed by atoms with Crippen LogP contribution >= 0.6 is 12.4 Å². The first kappa shape index (κ1) is 17.8. The Kier molecular flexibility index (Phi) is 7.50. The highest BCUT2D eigenvalue weighted by atomic mass is 35.5. The quantitative estimate of drug-likeness (QED) is 0.840. The zero-order valence-electron chi connectivity index (χ0n) is 12.3. The van der Waals surface area contributed by atoms with Crippen molar-refractivity contribution in [3.63, 3.8) is 0 Å². The molecule has 21 heavy (non-hydrogen) atoms. The molecule has 1 atom stereocenters. The highest BCUT2D eigenvalue weighted by Crippen LogP contribution is 2.17. The summed E-state index contributed by atoms with van der Waals surface area (Å²) in [5.74, 6) is 0.714. The number of carbonyl (C=O) groups is 1. The van der Waals surface area contributed by atoms with Gasteiger partial charge in [0, 0.05) is 31.8 Å². The zero-order valence-corrected chi connectivity index (χ0v) is 13.1. The lowest BCUT2D eigenvalue weighted by Crippen LogP contribution is -2.45. The molecular weight excluding hydrogens is 292 g/mol. The third-order valence-electron chi connectivity index (χ3n) is 3.38. The second kappa shape index (κ2) is 8.87. The van der Waals surface area contributed by atoms with Gasteiger partial charge in [0.05, 0.1) is 6.61 Å². The summed E-state index contributed by atoms with van der Waals surface area (Å²) >= 11 is 0. The van der Waals surface area contributed by atoms with E-state index in [0.29, 0.717) is 31.1 Å². The Balaban J connectivity index is 0.00000220. The number of piperidine rings is 1. The SMILES string of the molecule is COCCOc1cccc(C(=O)N2CCCC(N)C2)c1.Cl. The summed E-state index contributed by atoms with van der Waals surface area (Å²) in [4.78, 5) is 14.2. The van der Waals surface area contributed by atoms with Gasteiger partial charge >= 0.3 is 0 Å². The molecule has 1 aromatic rings. The fourth-order valence-corrected chi connectivity index (χ4v) is 2.34. The zero-order chi connectivity index (χ0) is 14.4. The van der Waals surface area contributed by atoms with E-state index in [9.17, 15) is 4.79 Å². The minimum atomic E-state index is 0. The second-order valence-corrected chi connectivity index (χ2v) is 5.02. The fourth-order valence-electron chi connectivity index (χ4n) is 2.34. The lowest BCUT2D eigenvalue weighted by Gasteiger charge is -2.30. The number of rotatable bonds is 5. The summed E-state index contributed by atoms with van der Waals surface area (Å²) < 4.78 is 10.5. The number of hydrogen-bond acceptors (Lipinski definition) is 4. The number of nitrogens with zero attached hydrogens (tertiary/aromatic N) is 1. The van der Waals surface area contributed by atoms with Crippen molar-refractivity contribution in [2.45, 2.75) is 18.9 Å². The summed E-state index contributed by atoms with van der Waals surface area (Å²) in [5.41, 5.74) is 6.57. The van der Waals surface area contributed by atoms with Gasteiger partial charge in [-0.1, -0.05) is 6.07 Å². The molecule has 0 bridgehead atoms. The number of carbonyl (C=O) groups excluding carboxylic acids is 1. The number of likely N-dealkylation sites (tertiary alicyclic amines) is 1. The highest BCUT2D eigenvalue weighted by molar-refractivity contribution is 5.94. The number of hydrogen-bond donors (Lipinski definition) is 1. The Hall–Kier alpha value is -1.30. The number of methoxy groups -OCH3 is 1. The largest absolute Gasteiger partial charge is 0.491 e. The average Bonchev–Trinajstić information content (AvgIpc) is 2.47. The van der Waals surface area contributed by atoms with E-state index in [1.807, 2.05) is 23.1 Å². The van der Waals surface area contributed by atoms with E-state index in [1.54, 1.807) is 13.2 Å². The molecule has 1 heterocycles. The maximum absolute atomic E-state index is 12.4. The van der Waals surface area contributed by atoms with Crippen LogP contribution in [-0.2, 0) is 4.74 Å². The van der Waals surface area contributed by atoms with E-state index in [4.69, 9.17) is 15.2 Å². The van der Waals surface area contributed by atoms with E-state index >= 15 is 0 Å². The molecule has 1 unspecified atom stereocenters.